The van der Waals surface area contributed by atoms with Crippen LogP contribution in [0.3, 0.4) is 0 Å². The molecular weight excluding hydrogens is 500 g/mol. The van der Waals surface area contributed by atoms with Crippen molar-refractivity contribution in [1.29, 1.82) is 0 Å². The van der Waals surface area contributed by atoms with Crippen LogP contribution in [0.1, 0.15) is 37.7 Å². The number of nitrogens with zero attached hydrogens (tertiary/aromatic N) is 3. The molecule has 1 aromatic heterocycles. The Morgan fingerprint density at radius 3 is 2.44 bits per heavy atom. The van der Waals surface area contributed by atoms with Gasteiger partial charge in [0.15, 0.2) is 11.5 Å². The first-order valence-electron chi connectivity index (χ1n) is 12.4. The SMILES string of the molecule is COc1ccc(CCNC(=O)c2cc(CN(CCc3ccccc3)C(=O)c3cccc([N+](=O)[O-])c3)on2)cc1. The van der Waals surface area contributed by atoms with Crippen LogP contribution in [0.2, 0.25) is 0 Å². The molecule has 1 N–H and O–H groups in total. The maximum Gasteiger partial charge on any atom is 0.273 e. The van der Waals surface area contributed by atoms with Crippen molar-refractivity contribution in [3.63, 3.8) is 0 Å². The van der Waals surface area contributed by atoms with Gasteiger partial charge in [-0.1, -0.05) is 53.7 Å². The molecule has 0 saturated heterocycles. The van der Waals surface area contributed by atoms with Crippen LogP contribution >= 0.6 is 0 Å². The molecule has 1 heterocycles. The van der Waals surface area contributed by atoms with E-state index in [0.29, 0.717) is 31.7 Å². The number of carbonyl (C=O) groups excluding carboxylic acids is 2. The summed E-state index contributed by atoms with van der Waals surface area (Å²) in [5, 5.41) is 17.9. The van der Waals surface area contributed by atoms with Crippen LogP contribution in [-0.2, 0) is 19.4 Å². The summed E-state index contributed by atoms with van der Waals surface area (Å²) >= 11 is 0. The van der Waals surface area contributed by atoms with E-state index >= 15 is 0 Å². The van der Waals surface area contributed by atoms with E-state index in [1.807, 2.05) is 54.6 Å². The normalized spacial score (nSPS) is 10.6. The van der Waals surface area contributed by atoms with Crippen molar-refractivity contribution in [1.82, 2.24) is 15.4 Å². The first-order chi connectivity index (χ1) is 18.9. The Morgan fingerprint density at radius 2 is 1.72 bits per heavy atom. The van der Waals surface area contributed by atoms with Crippen molar-refractivity contribution in [2.75, 3.05) is 20.2 Å². The van der Waals surface area contributed by atoms with Crippen LogP contribution < -0.4 is 10.1 Å². The monoisotopic (exact) mass is 528 g/mol. The largest absolute Gasteiger partial charge is 0.497 e. The average Bonchev–Trinajstić information content (AvgIpc) is 3.44. The van der Waals surface area contributed by atoms with Gasteiger partial charge in [-0.05, 0) is 42.2 Å². The molecule has 0 fully saturated rings. The Labute approximate surface area is 225 Å². The molecule has 0 unspecified atom stereocenters. The molecule has 3 aromatic carbocycles. The topological polar surface area (TPSA) is 128 Å². The van der Waals surface area contributed by atoms with E-state index < -0.39 is 10.8 Å². The molecule has 39 heavy (non-hydrogen) atoms. The number of non-ortho nitro benzene ring substituents is 1. The molecule has 0 aliphatic rings. The number of nitro groups is 1. The molecule has 200 valence electrons. The van der Waals surface area contributed by atoms with Gasteiger partial charge in [-0.3, -0.25) is 19.7 Å². The highest BCUT2D eigenvalue weighted by Crippen LogP contribution is 2.18. The number of rotatable bonds is 12. The number of aromatic nitrogens is 1. The first-order valence-corrected chi connectivity index (χ1v) is 12.4. The van der Waals surface area contributed by atoms with Crippen LogP contribution in [-0.4, -0.2) is 47.0 Å². The predicted molar refractivity (Wildman–Crippen MR) is 144 cm³/mol. The minimum absolute atomic E-state index is 0.0421. The summed E-state index contributed by atoms with van der Waals surface area (Å²) in [6.45, 7) is 0.776. The lowest BCUT2D eigenvalue weighted by Gasteiger charge is -2.21. The molecule has 0 aliphatic heterocycles. The van der Waals surface area contributed by atoms with E-state index in [-0.39, 0.29) is 29.4 Å². The fourth-order valence-electron chi connectivity index (χ4n) is 3.98. The number of ether oxygens (including phenoxy) is 1. The fourth-order valence-corrected chi connectivity index (χ4v) is 3.98. The number of benzene rings is 3. The van der Waals surface area contributed by atoms with Gasteiger partial charge in [0.05, 0.1) is 18.6 Å². The Balaban J connectivity index is 1.41. The third-order valence-electron chi connectivity index (χ3n) is 6.10. The van der Waals surface area contributed by atoms with Crippen LogP contribution in [0, 0.1) is 10.1 Å². The van der Waals surface area contributed by atoms with Gasteiger partial charge >= 0.3 is 0 Å². The molecular formula is C29H28N4O6. The van der Waals surface area contributed by atoms with E-state index in [9.17, 15) is 19.7 Å². The Morgan fingerprint density at radius 1 is 0.974 bits per heavy atom. The first kappa shape index (κ1) is 27.1. The highest BCUT2D eigenvalue weighted by Gasteiger charge is 2.21. The van der Waals surface area contributed by atoms with Gasteiger partial charge in [-0.15, -0.1) is 0 Å². The number of hydrogen-bond donors (Lipinski definition) is 1. The number of methoxy groups -OCH3 is 1. The molecule has 4 aromatic rings. The van der Waals surface area contributed by atoms with Crippen molar-refractivity contribution < 1.29 is 23.8 Å². The van der Waals surface area contributed by atoms with Gasteiger partial charge < -0.3 is 19.5 Å². The van der Waals surface area contributed by atoms with Crippen molar-refractivity contribution in [3.05, 3.63) is 123 Å². The van der Waals surface area contributed by atoms with E-state index in [2.05, 4.69) is 10.5 Å². The van der Waals surface area contributed by atoms with Gasteiger partial charge in [0.2, 0.25) is 0 Å². The summed E-state index contributed by atoms with van der Waals surface area (Å²) < 4.78 is 10.5. The summed E-state index contributed by atoms with van der Waals surface area (Å²) in [6.07, 6.45) is 1.19. The second kappa shape index (κ2) is 13.0. The Kier molecular flexibility index (Phi) is 9.02. The molecule has 10 heteroatoms. The minimum atomic E-state index is -0.541. The summed E-state index contributed by atoms with van der Waals surface area (Å²) in [7, 11) is 1.60. The lowest BCUT2D eigenvalue weighted by atomic mass is 10.1. The third-order valence-corrected chi connectivity index (χ3v) is 6.10. The molecule has 4 rings (SSSR count). The van der Waals surface area contributed by atoms with E-state index in [4.69, 9.17) is 9.26 Å². The maximum absolute atomic E-state index is 13.4. The quantitative estimate of drug-likeness (QED) is 0.213. The zero-order valence-corrected chi connectivity index (χ0v) is 21.4. The van der Waals surface area contributed by atoms with E-state index in [1.165, 1.54) is 35.2 Å². The lowest BCUT2D eigenvalue weighted by molar-refractivity contribution is -0.384. The minimum Gasteiger partial charge on any atom is -0.497 e. The van der Waals surface area contributed by atoms with Crippen LogP contribution in [0.25, 0.3) is 0 Å². The van der Waals surface area contributed by atoms with Crippen molar-refractivity contribution in [2.45, 2.75) is 19.4 Å². The van der Waals surface area contributed by atoms with Crippen LogP contribution in [0.15, 0.2) is 89.5 Å². The van der Waals surface area contributed by atoms with Gasteiger partial charge in [0.25, 0.3) is 17.5 Å². The average molecular weight is 529 g/mol. The molecule has 2 amide bonds. The summed E-state index contributed by atoms with van der Waals surface area (Å²) in [6, 6.07) is 24.3. The molecule has 0 radical (unpaired) electrons. The molecule has 0 atom stereocenters. The van der Waals surface area contributed by atoms with E-state index in [1.54, 1.807) is 7.11 Å². The predicted octanol–water partition coefficient (Wildman–Crippen LogP) is 4.45. The van der Waals surface area contributed by atoms with Gasteiger partial charge in [-0.25, -0.2) is 0 Å². The van der Waals surface area contributed by atoms with Crippen LogP contribution in [0.5, 0.6) is 5.75 Å². The molecule has 0 saturated carbocycles. The van der Waals surface area contributed by atoms with Crippen molar-refractivity contribution in [2.24, 2.45) is 0 Å². The molecule has 0 aliphatic carbocycles. The van der Waals surface area contributed by atoms with E-state index in [0.717, 1.165) is 16.9 Å². The summed E-state index contributed by atoms with van der Waals surface area (Å²) in [4.78, 5) is 38.2. The third kappa shape index (κ3) is 7.51. The number of nitro benzene ring substituents is 1. The van der Waals surface area contributed by atoms with Crippen molar-refractivity contribution >= 4 is 17.5 Å². The van der Waals surface area contributed by atoms with Gasteiger partial charge in [-0.2, -0.15) is 0 Å². The second-order valence-corrected chi connectivity index (χ2v) is 8.80. The van der Waals surface area contributed by atoms with Crippen LogP contribution in [0.4, 0.5) is 5.69 Å². The Bertz CT molecular complexity index is 1420. The smallest absolute Gasteiger partial charge is 0.273 e. The summed E-state index contributed by atoms with van der Waals surface area (Å²) in [5.41, 5.74) is 2.20. The number of amides is 2. The molecule has 0 bridgehead atoms. The second-order valence-electron chi connectivity index (χ2n) is 8.80. The molecule has 10 nitrogen and oxygen atoms in total. The fraction of sp³-hybridized carbons (Fsp3) is 0.207. The van der Waals surface area contributed by atoms with Crippen molar-refractivity contribution in [3.8, 4) is 5.75 Å². The zero-order valence-electron chi connectivity index (χ0n) is 21.4. The summed E-state index contributed by atoms with van der Waals surface area (Å²) in [5.74, 6) is 0.303. The Hall–Kier alpha value is -4.99. The number of carbonyl (C=O) groups is 2. The molecule has 0 spiro atoms. The zero-order chi connectivity index (χ0) is 27.6. The highest BCUT2D eigenvalue weighted by molar-refractivity contribution is 5.95. The number of hydrogen-bond acceptors (Lipinski definition) is 7. The number of nitrogens with one attached hydrogen (secondary N) is 1. The van der Waals surface area contributed by atoms with Gasteiger partial charge in [0.1, 0.15) is 5.75 Å². The standard InChI is InChI=1S/C29H28N4O6/c1-38-25-12-10-22(11-13-25)14-16-30-28(34)27-19-26(39-31-27)20-32(17-15-21-6-3-2-4-7-21)29(35)23-8-5-9-24(18-23)33(36)37/h2-13,18-19H,14-17,20H2,1H3,(H,30,34). The van der Waals surface area contributed by atoms with Gasteiger partial charge in [0, 0.05) is 36.9 Å². The maximum atomic E-state index is 13.4. The lowest BCUT2D eigenvalue weighted by Crippen LogP contribution is -2.32. The highest BCUT2D eigenvalue weighted by atomic mass is 16.6.